The predicted octanol–water partition coefficient (Wildman–Crippen LogP) is 7.88. The molecule has 0 aliphatic carbocycles. The van der Waals surface area contributed by atoms with Gasteiger partial charge >= 0.3 is 0 Å². The van der Waals surface area contributed by atoms with Gasteiger partial charge in [0.1, 0.15) is 27.8 Å². The molecule has 0 radical (unpaired) electrons. The molecule has 0 saturated heterocycles. The molecule has 0 spiro atoms. The van der Waals surface area contributed by atoms with Crippen molar-refractivity contribution in [3.05, 3.63) is 11.1 Å². The van der Waals surface area contributed by atoms with Crippen LogP contribution in [0.25, 0.3) is 0 Å². The molecule has 0 aromatic heterocycles. The van der Waals surface area contributed by atoms with Crippen LogP contribution in [0, 0.1) is 46.6 Å². The van der Waals surface area contributed by atoms with Crippen LogP contribution in [0.3, 0.4) is 0 Å². The highest BCUT2D eigenvalue weighted by atomic mass is 28.3. The van der Waals surface area contributed by atoms with Crippen LogP contribution in [0.15, 0.2) is 11.1 Å². The monoisotopic (exact) mass is 437 g/mol. The maximum atomic E-state index is 9.85. The zero-order valence-electron chi connectivity index (χ0n) is 21.5. The summed E-state index contributed by atoms with van der Waals surface area (Å²) in [5.41, 5.74) is 11.2. The van der Waals surface area contributed by atoms with E-state index in [9.17, 15) is 5.26 Å². The number of nitrogens with zero attached hydrogens (tertiary/aromatic N) is 1. The maximum absolute atomic E-state index is 9.85. The molecule has 0 atom stereocenters. The van der Waals surface area contributed by atoms with E-state index in [-0.39, 0.29) is 0 Å². The Bertz CT molecular complexity index is 705. The summed E-state index contributed by atoms with van der Waals surface area (Å²) in [5, 5.41) is 9.85. The standard InChI is InChI=1S/C27H43NSi2/c1-14-26(15-17-29(20(2)3,21(4)5)22(6)7)27(19-28)16-18-30(23(8)9,24(10)11)25(12)13/h1,20-25H,2-13H3/b27-26+. The minimum absolute atomic E-state index is 0.364. The Morgan fingerprint density at radius 1 is 0.567 bits per heavy atom. The fourth-order valence-electron chi connectivity index (χ4n) is 5.52. The lowest BCUT2D eigenvalue weighted by molar-refractivity contribution is 0.838. The van der Waals surface area contributed by atoms with Gasteiger partial charge in [-0.1, -0.05) is 101 Å². The molecule has 0 aliphatic rings. The fraction of sp³-hybridized carbons (Fsp3) is 0.667. The molecule has 0 unspecified atom stereocenters. The van der Waals surface area contributed by atoms with Crippen molar-refractivity contribution in [1.29, 1.82) is 5.26 Å². The van der Waals surface area contributed by atoms with Crippen molar-refractivity contribution in [3.8, 4) is 41.3 Å². The molecule has 0 fully saturated rings. The van der Waals surface area contributed by atoms with Crippen molar-refractivity contribution in [1.82, 2.24) is 0 Å². The normalized spacial score (nSPS) is 13.1. The number of allylic oxidation sites excluding steroid dienone is 2. The van der Waals surface area contributed by atoms with E-state index in [0.717, 1.165) is 0 Å². The SMILES string of the molecule is C#C/C(C#C[Si](C(C)C)(C(C)C)C(C)C)=C(\C#N)C#C[Si](C(C)C)(C(C)C)C(C)C. The Morgan fingerprint density at radius 3 is 1.03 bits per heavy atom. The van der Waals surface area contributed by atoms with Crippen LogP contribution in [-0.4, -0.2) is 16.1 Å². The number of rotatable bonds is 6. The van der Waals surface area contributed by atoms with Gasteiger partial charge in [0.2, 0.25) is 0 Å². The molecule has 164 valence electrons. The Balaban J connectivity index is 6.78. The molecule has 0 aromatic rings. The molecule has 30 heavy (non-hydrogen) atoms. The van der Waals surface area contributed by atoms with Crippen LogP contribution in [-0.2, 0) is 0 Å². The Morgan fingerprint density at radius 2 is 0.833 bits per heavy atom. The molecule has 0 amide bonds. The fourth-order valence-corrected chi connectivity index (χ4v) is 15.9. The van der Waals surface area contributed by atoms with Gasteiger partial charge in [-0.15, -0.1) is 17.5 Å². The van der Waals surface area contributed by atoms with Crippen LogP contribution in [0.5, 0.6) is 0 Å². The van der Waals surface area contributed by atoms with E-state index < -0.39 is 16.1 Å². The largest absolute Gasteiger partial charge is 0.192 e. The second-order valence-corrected chi connectivity index (χ2v) is 21.5. The third-order valence-electron chi connectivity index (χ3n) is 7.05. The molecule has 3 heteroatoms. The third kappa shape index (κ3) is 5.73. The van der Waals surface area contributed by atoms with E-state index >= 15 is 0 Å². The first-order valence-corrected chi connectivity index (χ1v) is 15.9. The first kappa shape index (κ1) is 28.3. The van der Waals surface area contributed by atoms with Crippen LogP contribution in [0.4, 0.5) is 0 Å². The summed E-state index contributed by atoms with van der Waals surface area (Å²) >= 11 is 0. The lowest BCUT2D eigenvalue weighted by Crippen LogP contribution is -2.43. The summed E-state index contributed by atoms with van der Waals surface area (Å²) in [4.78, 5) is 0. The minimum Gasteiger partial charge on any atom is -0.192 e. The van der Waals surface area contributed by atoms with Gasteiger partial charge in [0.25, 0.3) is 0 Å². The molecular formula is C27H43NSi2. The van der Waals surface area contributed by atoms with Gasteiger partial charge in [-0.3, -0.25) is 0 Å². The molecular weight excluding hydrogens is 394 g/mol. The van der Waals surface area contributed by atoms with Crippen molar-refractivity contribution >= 4 is 16.1 Å². The number of hydrogen-bond donors (Lipinski definition) is 0. The molecule has 0 saturated carbocycles. The molecule has 0 rings (SSSR count). The van der Waals surface area contributed by atoms with E-state index in [1.807, 2.05) is 0 Å². The van der Waals surface area contributed by atoms with Gasteiger partial charge in [-0.25, -0.2) is 0 Å². The smallest absolute Gasteiger partial charge is 0.146 e. The average molecular weight is 438 g/mol. The molecule has 0 heterocycles. The van der Waals surface area contributed by atoms with Gasteiger partial charge in [0.15, 0.2) is 0 Å². The summed E-state index contributed by atoms with van der Waals surface area (Å²) in [5.74, 6) is 9.19. The van der Waals surface area contributed by atoms with E-state index in [2.05, 4.69) is 118 Å². The molecule has 0 aromatic carbocycles. The number of nitriles is 1. The molecule has 0 N–H and O–H groups in total. The first-order chi connectivity index (χ1) is 13.7. The highest BCUT2D eigenvalue weighted by molar-refractivity contribution is 6.91. The quantitative estimate of drug-likeness (QED) is 0.235. The highest BCUT2D eigenvalue weighted by Crippen LogP contribution is 2.41. The van der Waals surface area contributed by atoms with E-state index in [4.69, 9.17) is 6.42 Å². The van der Waals surface area contributed by atoms with Gasteiger partial charge in [0.05, 0.1) is 5.57 Å². The maximum Gasteiger partial charge on any atom is 0.146 e. The van der Waals surface area contributed by atoms with E-state index in [1.54, 1.807) is 0 Å². The summed E-state index contributed by atoms with van der Waals surface area (Å²) in [6, 6.07) is 2.27. The highest BCUT2D eigenvalue weighted by Gasteiger charge is 2.42. The Hall–Kier alpha value is -1.66. The number of hydrogen-bond acceptors (Lipinski definition) is 1. The van der Waals surface area contributed by atoms with E-state index in [1.165, 1.54) is 0 Å². The summed E-state index contributed by atoms with van der Waals surface area (Å²) < 4.78 is 0. The van der Waals surface area contributed by atoms with E-state index in [0.29, 0.717) is 44.4 Å². The van der Waals surface area contributed by atoms with Crippen LogP contribution >= 0.6 is 0 Å². The van der Waals surface area contributed by atoms with Crippen molar-refractivity contribution in [3.63, 3.8) is 0 Å². The van der Waals surface area contributed by atoms with Crippen molar-refractivity contribution in [2.24, 2.45) is 0 Å². The summed E-state index contributed by atoms with van der Waals surface area (Å²) in [6.45, 7) is 27.3. The number of terminal acetylenes is 1. The first-order valence-electron chi connectivity index (χ1n) is 11.4. The second-order valence-electron chi connectivity index (χ2n) is 10.3. The van der Waals surface area contributed by atoms with Crippen LogP contribution in [0.1, 0.15) is 83.1 Å². The van der Waals surface area contributed by atoms with Gasteiger partial charge < -0.3 is 0 Å². The molecule has 1 nitrogen and oxygen atoms in total. The van der Waals surface area contributed by atoms with Gasteiger partial charge in [-0.05, 0) is 33.2 Å². The van der Waals surface area contributed by atoms with Gasteiger partial charge in [0, 0.05) is 0 Å². The molecule has 0 aliphatic heterocycles. The lowest BCUT2D eigenvalue weighted by Gasteiger charge is -2.38. The topological polar surface area (TPSA) is 23.8 Å². The Labute approximate surface area is 190 Å². The second kappa shape index (κ2) is 11.7. The van der Waals surface area contributed by atoms with Crippen LogP contribution < -0.4 is 0 Å². The lowest BCUT2D eigenvalue weighted by atomic mass is 10.1. The summed E-state index contributed by atoms with van der Waals surface area (Å²) in [7, 11) is -3.85. The van der Waals surface area contributed by atoms with Crippen molar-refractivity contribution in [2.45, 2.75) is 116 Å². The molecule has 0 bridgehead atoms. The summed E-state index contributed by atoms with van der Waals surface area (Å²) in [6.07, 6.45) is 5.82. The Kier molecular flexibility index (Phi) is 11.0. The predicted molar refractivity (Wildman–Crippen MR) is 139 cm³/mol. The van der Waals surface area contributed by atoms with Crippen molar-refractivity contribution in [2.75, 3.05) is 0 Å². The average Bonchev–Trinajstić information content (AvgIpc) is 2.61. The van der Waals surface area contributed by atoms with Crippen molar-refractivity contribution < 1.29 is 0 Å². The zero-order valence-corrected chi connectivity index (χ0v) is 23.5. The minimum atomic E-state index is -1.93. The zero-order chi connectivity index (χ0) is 23.9. The third-order valence-corrected chi connectivity index (χ3v) is 19.6. The van der Waals surface area contributed by atoms with Crippen LogP contribution in [0.2, 0.25) is 33.2 Å². The van der Waals surface area contributed by atoms with Gasteiger partial charge in [-0.2, -0.15) is 5.26 Å².